The van der Waals surface area contributed by atoms with E-state index in [4.69, 9.17) is 0 Å². The molecule has 2 heteroatoms. The molecular formula is C18H16O2. The normalized spacial score (nSPS) is 17.6. The highest BCUT2D eigenvalue weighted by Gasteiger charge is 2.28. The van der Waals surface area contributed by atoms with Gasteiger partial charge in [0.25, 0.3) is 0 Å². The van der Waals surface area contributed by atoms with Gasteiger partial charge in [0, 0.05) is 23.5 Å². The van der Waals surface area contributed by atoms with Gasteiger partial charge in [-0.3, -0.25) is 9.59 Å². The number of hydrogen-bond acceptors (Lipinski definition) is 2. The number of carbonyl (C=O) groups is 2. The summed E-state index contributed by atoms with van der Waals surface area (Å²) in [7, 11) is 0. The van der Waals surface area contributed by atoms with Crippen molar-refractivity contribution in [3.8, 4) is 0 Å². The van der Waals surface area contributed by atoms with E-state index in [1.165, 1.54) is 0 Å². The van der Waals surface area contributed by atoms with Gasteiger partial charge in [0.1, 0.15) is 0 Å². The van der Waals surface area contributed by atoms with Crippen molar-refractivity contribution in [2.24, 2.45) is 5.92 Å². The minimum absolute atomic E-state index is 0.0586. The lowest BCUT2D eigenvalue weighted by molar-refractivity contribution is 0.0836. The number of hydrogen-bond donors (Lipinski definition) is 0. The van der Waals surface area contributed by atoms with Gasteiger partial charge in [-0.15, -0.1) is 0 Å². The van der Waals surface area contributed by atoms with Crippen LogP contribution in [-0.4, -0.2) is 11.6 Å². The first kappa shape index (κ1) is 12.8. The second kappa shape index (κ2) is 5.41. The number of fused-ring (bicyclic) bond motifs is 1. The molecule has 1 atom stereocenters. The lowest BCUT2D eigenvalue weighted by Gasteiger charge is -2.22. The Bertz CT molecular complexity index is 643. The van der Waals surface area contributed by atoms with Crippen molar-refractivity contribution in [3.05, 3.63) is 71.3 Å². The molecule has 0 aromatic heterocycles. The molecule has 0 radical (unpaired) electrons. The maximum Gasteiger partial charge on any atom is 0.166 e. The summed E-state index contributed by atoms with van der Waals surface area (Å²) >= 11 is 0. The van der Waals surface area contributed by atoms with Crippen LogP contribution in [0.5, 0.6) is 0 Å². The van der Waals surface area contributed by atoms with Crippen LogP contribution < -0.4 is 0 Å². The Morgan fingerprint density at radius 2 is 1.70 bits per heavy atom. The van der Waals surface area contributed by atoms with Crippen LogP contribution in [0.2, 0.25) is 0 Å². The second-order valence-electron chi connectivity index (χ2n) is 5.25. The third-order valence-corrected chi connectivity index (χ3v) is 3.94. The van der Waals surface area contributed by atoms with Crippen molar-refractivity contribution in [3.63, 3.8) is 0 Å². The first-order valence-corrected chi connectivity index (χ1v) is 6.96. The minimum atomic E-state index is -0.169. The van der Waals surface area contributed by atoms with Gasteiger partial charge in [-0.05, 0) is 18.4 Å². The molecule has 2 nitrogen and oxygen atoms in total. The molecule has 0 fully saturated rings. The highest BCUT2D eigenvalue weighted by molar-refractivity contribution is 6.04. The Labute approximate surface area is 118 Å². The van der Waals surface area contributed by atoms with Crippen LogP contribution in [0.4, 0.5) is 0 Å². The van der Waals surface area contributed by atoms with Gasteiger partial charge < -0.3 is 0 Å². The molecule has 1 aliphatic rings. The zero-order chi connectivity index (χ0) is 13.9. The molecule has 0 saturated heterocycles. The van der Waals surface area contributed by atoms with E-state index in [1.54, 1.807) is 0 Å². The average Bonchev–Trinajstić information content (AvgIpc) is 2.51. The molecule has 100 valence electrons. The van der Waals surface area contributed by atoms with E-state index in [9.17, 15) is 9.59 Å². The smallest absolute Gasteiger partial charge is 0.166 e. The van der Waals surface area contributed by atoms with Gasteiger partial charge >= 0.3 is 0 Å². The highest BCUT2D eigenvalue weighted by Crippen LogP contribution is 2.28. The molecular weight excluding hydrogens is 248 g/mol. The van der Waals surface area contributed by atoms with Crippen molar-refractivity contribution in [1.29, 1.82) is 0 Å². The molecule has 0 amide bonds. The standard InChI is InChI=1S/C18H16O2/c19-17(14-7-2-1-3-8-14)12-15-11-10-13-6-4-5-9-16(13)18(15)20/h1-9,15H,10-12H2/t15-/m1/s1. The van der Waals surface area contributed by atoms with E-state index in [0.717, 1.165) is 24.0 Å². The molecule has 20 heavy (non-hydrogen) atoms. The number of ketones is 2. The maximum atomic E-state index is 12.4. The molecule has 2 aromatic carbocycles. The third-order valence-electron chi connectivity index (χ3n) is 3.94. The average molecular weight is 264 g/mol. The Balaban J connectivity index is 1.77. The van der Waals surface area contributed by atoms with Crippen molar-refractivity contribution in [2.45, 2.75) is 19.3 Å². The summed E-state index contributed by atoms with van der Waals surface area (Å²) in [6, 6.07) is 16.9. The fraction of sp³-hybridized carbons (Fsp3) is 0.222. The maximum absolute atomic E-state index is 12.4. The highest BCUT2D eigenvalue weighted by atomic mass is 16.1. The molecule has 0 spiro atoms. The van der Waals surface area contributed by atoms with E-state index in [-0.39, 0.29) is 17.5 Å². The van der Waals surface area contributed by atoms with Gasteiger partial charge in [-0.1, -0.05) is 54.6 Å². The summed E-state index contributed by atoms with van der Waals surface area (Å²) in [5, 5.41) is 0. The topological polar surface area (TPSA) is 34.1 Å². The molecule has 0 unspecified atom stereocenters. The molecule has 0 aliphatic heterocycles. The van der Waals surface area contributed by atoms with Crippen molar-refractivity contribution < 1.29 is 9.59 Å². The number of aryl methyl sites for hydroxylation is 1. The van der Waals surface area contributed by atoms with Crippen LogP contribution in [0, 0.1) is 5.92 Å². The summed E-state index contributed by atoms with van der Waals surface area (Å²) in [6.45, 7) is 0. The number of rotatable bonds is 3. The number of benzene rings is 2. The monoisotopic (exact) mass is 264 g/mol. The van der Waals surface area contributed by atoms with E-state index in [1.807, 2.05) is 54.6 Å². The lowest BCUT2D eigenvalue weighted by atomic mass is 9.80. The molecule has 1 aliphatic carbocycles. The number of carbonyl (C=O) groups excluding carboxylic acids is 2. The van der Waals surface area contributed by atoms with Gasteiger partial charge in [0.15, 0.2) is 11.6 Å². The third kappa shape index (κ3) is 2.42. The van der Waals surface area contributed by atoms with Crippen LogP contribution in [0.25, 0.3) is 0 Å². The fourth-order valence-corrected chi connectivity index (χ4v) is 2.82. The summed E-state index contributed by atoms with van der Waals surface area (Å²) in [5.74, 6) is 0.0112. The Hall–Kier alpha value is -2.22. The molecule has 0 saturated carbocycles. The molecule has 2 aromatic rings. The van der Waals surface area contributed by atoms with Gasteiger partial charge in [0.05, 0.1) is 0 Å². The van der Waals surface area contributed by atoms with Crippen LogP contribution in [0.15, 0.2) is 54.6 Å². The Morgan fingerprint density at radius 3 is 2.50 bits per heavy atom. The predicted octanol–water partition coefficient (Wildman–Crippen LogP) is 3.70. The minimum Gasteiger partial charge on any atom is -0.294 e. The van der Waals surface area contributed by atoms with Gasteiger partial charge in [0.2, 0.25) is 0 Å². The lowest BCUT2D eigenvalue weighted by Crippen LogP contribution is -2.25. The van der Waals surface area contributed by atoms with Crippen molar-refractivity contribution in [2.75, 3.05) is 0 Å². The largest absolute Gasteiger partial charge is 0.294 e. The number of Topliss-reactive ketones (excluding diaryl/α,β-unsaturated/α-hetero) is 2. The van der Waals surface area contributed by atoms with E-state index < -0.39 is 0 Å². The van der Waals surface area contributed by atoms with Gasteiger partial charge in [-0.2, -0.15) is 0 Å². The Kier molecular flexibility index (Phi) is 3.46. The quantitative estimate of drug-likeness (QED) is 0.792. The summed E-state index contributed by atoms with van der Waals surface area (Å²) in [5.41, 5.74) is 2.60. The predicted molar refractivity (Wildman–Crippen MR) is 78.0 cm³/mol. The molecule has 0 heterocycles. The van der Waals surface area contributed by atoms with E-state index in [2.05, 4.69) is 0 Å². The van der Waals surface area contributed by atoms with E-state index in [0.29, 0.717) is 12.0 Å². The van der Waals surface area contributed by atoms with E-state index >= 15 is 0 Å². The summed E-state index contributed by atoms with van der Waals surface area (Å²) in [6.07, 6.45) is 1.97. The zero-order valence-electron chi connectivity index (χ0n) is 11.2. The Morgan fingerprint density at radius 1 is 1.00 bits per heavy atom. The SMILES string of the molecule is O=C(C[C@H]1CCc2ccccc2C1=O)c1ccccc1. The second-order valence-corrected chi connectivity index (χ2v) is 5.25. The van der Waals surface area contributed by atoms with Crippen LogP contribution >= 0.6 is 0 Å². The fourth-order valence-electron chi connectivity index (χ4n) is 2.82. The van der Waals surface area contributed by atoms with Crippen LogP contribution in [-0.2, 0) is 6.42 Å². The van der Waals surface area contributed by atoms with Crippen molar-refractivity contribution >= 4 is 11.6 Å². The first-order valence-electron chi connectivity index (χ1n) is 6.96. The molecule has 3 rings (SSSR count). The van der Waals surface area contributed by atoms with Crippen LogP contribution in [0.1, 0.15) is 39.1 Å². The molecule has 0 bridgehead atoms. The summed E-state index contributed by atoms with van der Waals surface area (Å²) < 4.78 is 0. The van der Waals surface area contributed by atoms with Crippen molar-refractivity contribution in [1.82, 2.24) is 0 Å². The van der Waals surface area contributed by atoms with Crippen LogP contribution in [0.3, 0.4) is 0 Å². The summed E-state index contributed by atoms with van der Waals surface area (Å²) in [4.78, 5) is 24.6. The molecule has 0 N–H and O–H groups in total. The van der Waals surface area contributed by atoms with Gasteiger partial charge in [-0.25, -0.2) is 0 Å². The first-order chi connectivity index (χ1) is 9.75. The zero-order valence-corrected chi connectivity index (χ0v) is 11.2.